The molecule has 28 heavy (non-hydrogen) atoms. The number of nitrogens with zero attached hydrogens (tertiary/aromatic N) is 2. The average molecular weight is 378 g/mol. The minimum absolute atomic E-state index is 0.0762. The SMILES string of the molecule is COc1ccc(/C=C/C(=O)N2CCc3noc(-c4ccc(F)cc4)c3C2)cc1. The third kappa shape index (κ3) is 3.67. The topological polar surface area (TPSA) is 55.6 Å². The van der Waals surface area contributed by atoms with Gasteiger partial charge in [-0.1, -0.05) is 17.3 Å². The van der Waals surface area contributed by atoms with E-state index in [-0.39, 0.29) is 11.7 Å². The Labute approximate surface area is 162 Å². The van der Waals surface area contributed by atoms with Crippen LogP contribution in [0.1, 0.15) is 16.8 Å². The summed E-state index contributed by atoms with van der Waals surface area (Å²) >= 11 is 0. The van der Waals surface area contributed by atoms with Crippen LogP contribution in [-0.4, -0.2) is 29.6 Å². The highest BCUT2D eigenvalue weighted by Gasteiger charge is 2.26. The molecule has 0 radical (unpaired) electrons. The highest BCUT2D eigenvalue weighted by atomic mass is 19.1. The summed E-state index contributed by atoms with van der Waals surface area (Å²) < 4.78 is 23.8. The highest BCUT2D eigenvalue weighted by Crippen LogP contribution is 2.30. The Morgan fingerprint density at radius 3 is 2.64 bits per heavy atom. The second kappa shape index (κ2) is 7.68. The van der Waals surface area contributed by atoms with Crippen LogP contribution in [0.15, 0.2) is 59.1 Å². The summed E-state index contributed by atoms with van der Waals surface area (Å²) in [6.07, 6.45) is 3.98. The minimum atomic E-state index is -0.308. The molecule has 1 aliphatic rings. The average Bonchev–Trinajstić information content (AvgIpc) is 3.16. The Balaban J connectivity index is 1.50. The number of hydrogen-bond donors (Lipinski definition) is 0. The minimum Gasteiger partial charge on any atom is -0.497 e. The highest BCUT2D eigenvalue weighted by molar-refractivity contribution is 5.92. The number of methoxy groups -OCH3 is 1. The van der Waals surface area contributed by atoms with Crippen molar-refractivity contribution in [3.05, 3.63) is 77.2 Å². The van der Waals surface area contributed by atoms with Gasteiger partial charge in [0, 0.05) is 30.2 Å². The van der Waals surface area contributed by atoms with E-state index in [4.69, 9.17) is 9.26 Å². The molecular weight excluding hydrogens is 359 g/mol. The third-order valence-electron chi connectivity index (χ3n) is 4.79. The summed E-state index contributed by atoms with van der Waals surface area (Å²) in [5, 5.41) is 4.12. The van der Waals surface area contributed by atoms with Gasteiger partial charge < -0.3 is 14.2 Å². The van der Waals surface area contributed by atoms with Crippen molar-refractivity contribution in [2.24, 2.45) is 0 Å². The van der Waals surface area contributed by atoms with Crippen molar-refractivity contribution in [2.45, 2.75) is 13.0 Å². The predicted molar refractivity (Wildman–Crippen MR) is 103 cm³/mol. The maximum absolute atomic E-state index is 13.2. The number of benzene rings is 2. The first kappa shape index (κ1) is 18.0. The maximum Gasteiger partial charge on any atom is 0.246 e. The van der Waals surface area contributed by atoms with Crippen molar-refractivity contribution in [1.29, 1.82) is 0 Å². The molecule has 4 rings (SSSR count). The fourth-order valence-corrected chi connectivity index (χ4v) is 3.22. The molecule has 0 saturated carbocycles. The summed E-state index contributed by atoms with van der Waals surface area (Å²) in [6.45, 7) is 0.992. The lowest BCUT2D eigenvalue weighted by atomic mass is 10.0. The maximum atomic E-state index is 13.2. The Kier molecular flexibility index (Phi) is 4.93. The summed E-state index contributed by atoms with van der Waals surface area (Å²) in [4.78, 5) is 14.4. The van der Waals surface area contributed by atoms with E-state index in [1.807, 2.05) is 24.3 Å². The molecule has 0 spiro atoms. The number of carbonyl (C=O) groups excluding carboxylic acids is 1. The van der Waals surface area contributed by atoms with Crippen LogP contribution in [0, 0.1) is 5.82 Å². The number of ether oxygens (including phenoxy) is 1. The second-order valence-electron chi connectivity index (χ2n) is 6.56. The molecular formula is C22H19FN2O3. The van der Waals surface area contributed by atoms with Crippen molar-refractivity contribution in [2.75, 3.05) is 13.7 Å². The molecule has 1 amide bonds. The summed E-state index contributed by atoms with van der Waals surface area (Å²) in [5.74, 6) is 0.977. The quantitative estimate of drug-likeness (QED) is 0.642. The Morgan fingerprint density at radius 2 is 1.93 bits per heavy atom. The number of aromatic nitrogens is 1. The summed E-state index contributed by atoms with van der Waals surface area (Å²) in [7, 11) is 1.61. The first-order chi connectivity index (χ1) is 13.6. The van der Waals surface area contributed by atoms with Crippen LogP contribution in [0.5, 0.6) is 5.75 Å². The Hall–Kier alpha value is -3.41. The molecule has 0 unspecified atom stereocenters. The molecule has 0 N–H and O–H groups in total. The number of hydrogen-bond acceptors (Lipinski definition) is 4. The van der Waals surface area contributed by atoms with Crippen LogP contribution >= 0.6 is 0 Å². The predicted octanol–water partition coefficient (Wildman–Crippen LogP) is 4.09. The molecule has 0 atom stereocenters. The molecule has 0 fully saturated rings. The zero-order valence-electron chi connectivity index (χ0n) is 15.4. The van der Waals surface area contributed by atoms with Gasteiger partial charge >= 0.3 is 0 Å². The Bertz CT molecular complexity index is 1010. The molecule has 1 aromatic heterocycles. The van der Waals surface area contributed by atoms with E-state index in [1.165, 1.54) is 12.1 Å². The van der Waals surface area contributed by atoms with E-state index in [0.29, 0.717) is 25.3 Å². The van der Waals surface area contributed by atoms with Crippen molar-refractivity contribution < 1.29 is 18.4 Å². The van der Waals surface area contributed by atoms with Crippen LogP contribution in [0.2, 0.25) is 0 Å². The van der Waals surface area contributed by atoms with E-state index in [2.05, 4.69) is 5.16 Å². The van der Waals surface area contributed by atoms with Gasteiger partial charge in [0.05, 0.1) is 19.3 Å². The third-order valence-corrected chi connectivity index (χ3v) is 4.79. The van der Waals surface area contributed by atoms with Gasteiger partial charge in [0.2, 0.25) is 5.91 Å². The number of amides is 1. The Morgan fingerprint density at radius 1 is 1.18 bits per heavy atom. The van der Waals surface area contributed by atoms with Gasteiger partial charge in [-0.15, -0.1) is 0 Å². The lowest BCUT2D eigenvalue weighted by Gasteiger charge is -2.25. The molecule has 3 aromatic rings. The largest absolute Gasteiger partial charge is 0.497 e. The van der Waals surface area contributed by atoms with Gasteiger partial charge in [0.15, 0.2) is 5.76 Å². The van der Waals surface area contributed by atoms with Gasteiger partial charge in [-0.05, 0) is 48.0 Å². The number of fused-ring (bicyclic) bond motifs is 1. The van der Waals surface area contributed by atoms with Crippen molar-refractivity contribution in [3.63, 3.8) is 0 Å². The number of rotatable bonds is 4. The van der Waals surface area contributed by atoms with Crippen LogP contribution < -0.4 is 4.74 Å². The van der Waals surface area contributed by atoms with E-state index < -0.39 is 0 Å². The van der Waals surface area contributed by atoms with Crippen LogP contribution in [-0.2, 0) is 17.8 Å². The molecule has 2 aromatic carbocycles. The van der Waals surface area contributed by atoms with E-state index in [9.17, 15) is 9.18 Å². The summed E-state index contributed by atoms with van der Waals surface area (Å²) in [5.41, 5.74) is 3.40. The number of halogens is 1. The van der Waals surface area contributed by atoms with Crippen LogP contribution in [0.25, 0.3) is 17.4 Å². The van der Waals surface area contributed by atoms with Crippen molar-refractivity contribution in [3.8, 4) is 17.1 Å². The fraction of sp³-hybridized carbons (Fsp3) is 0.182. The monoisotopic (exact) mass is 378 g/mol. The lowest BCUT2D eigenvalue weighted by molar-refractivity contribution is -0.126. The zero-order chi connectivity index (χ0) is 19.5. The molecule has 2 heterocycles. The fourth-order valence-electron chi connectivity index (χ4n) is 3.22. The van der Waals surface area contributed by atoms with Gasteiger partial charge in [0.25, 0.3) is 0 Å². The molecule has 142 valence electrons. The molecule has 1 aliphatic heterocycles. The van der Waals surface area contributed by atoms with Crippen LogP contribution in [0.3, 0.4) is 0 Å². The number of carbonyl (C=O) groups is 1. The molecule has 0 saturated heterocycles. The van der Waals surface area contributed by atoms with Crippen LogP contribution in [0.4, 0.5) is 4.39 Å². The van der Waals surface area contributed by atoms with Crippen molar-refractivity contribution in [1.82, 2.24) is 10.1 Å². The van der Waals surface area contributed by atoms with E-state index in [1.54, 1.807) is 36.3 Å². The van der Waals surface area contributed by atoms with Gasteiger partial charge in [-0.25, -0.2) is 4.39 Å². The normalized spacial score (nSPS) is 13.6. The molecule has 5 nitrogen and oxygen atoms in total. The molecule has 0 bridgehead atoms. The standard InChI is InChI=1S/C22H19FN2O3/c1-27-18-9-2-15(3-10-18)4-11-21(26)25-13-12-20-19(14-25)22(28-24-20)16-5-7-17(23)8-6-16/h2-11H,12-14H2,1H3/b11-4+. The molecule has 0 aliphatic carbocycles. The first-order valence-electron chi connectivity index (χ1n) is 8.98. The van der Waals surface area contributed by atoms with Gasteiger partial charge in [-0.3, -0.25) is 4.79 Å². The van der Waals surface area contributed by atoms with E-state index in [0.717, 1.165) is 28.1 Å². The second-order valence-corrected chi connectivity index (χ2v) is 6.56. The smallest absolute Gasteiger partial charge is 0.246 e. The first-order valence-corrected chi connectivity index (χ1v) is 8.98. The van der Waals surface area contributed by atoms with Crippen molar-refractivity contribution >= 4 is 12.0 Å². The zero-order valence-corrected chi connectivity index (χ0v) is 15.4. The van der Waals surface area contributed by atoms with Gasteiger partial charge in [-0.2, -0.15) is 0 Å². The molecule has 6 heteroatoms. The summed E-state index contributed by atoms with van der Waals surface area (Å²) in [6, 6.07) is 13.6. The van der Waals surface area contributed by atoms with E-state index >= 15 is 0 Å². The van der Waals surface area contributed by atoms with Gasteiger partial charge in [0.1, 0.15) is 11.6 Å². The lowest BCUT2D eigenvalue weighted by Crippen LogP contribution is -2.34.